The number of nitrogens with one attached hydrogen (secondary N) is 1. The highest BCUT2D eigenvalue weighted by molar-refractivity contribution is 5.44. The van der Waals surface area contributed by atoms with E-state index in [0.29, 0.717) is 17.0 Å². The SMILES string of the molecule is N#Cc1cccc(NCC2CC23CCCc2ccccc23)n1. The fraction of sp³-hybridized carbons (Fsp3) is 0.368. The molecule has 1 aromatic heterocycles. The molecule has 1 fully saturated rings. The van der Waals surface area contributed by atoms with Crippen LogP contribution < -0.4 is 5.32 Å². The van der Waals surface area contributed by atoms with Crippen LogP contribution in [0.1, 0.15) is 36.1 Å². The molecule has 1 spiro atoms. The molecule has 110 valence electrons. The summed E-state index contributed by atoms with van der Waals surface area (Å²) in [6.45, 7) is 0.941. The van der Waals surface area contributed by atoms with Gasteiger partial charge in [-0.15, -0.1) is 0 Å². The van der Waals surface area contributed by atoms with Gasteiger partial charge >= 0.3 is 0 Å². The van der Waals surface area contributed by atoms with Crippen LogP contribution >= 0.6 is 0 Å². The van der Waals surface area contributed by atoms with E-state index in [1.165, 1.54) is 25.7 Å². The molecule has 2 aromatic rings. The Morgan fingerprint density at radius 2 is 2.14 bits per heavy atom. The van der Waals surface area contributed by atoms with Crippen LogP contribution in [0.2, 0.25) is 0 Å². The van der Waals surface area contributed by atoms with E-state index >= 15 is 0 Å². The van der Waals surface area contributed by atoms with Gasteiger partial charge in [0.05, 0.1) is 0 Å². The van der Waals surface area contributed by atoms with Crippen LogP contribution in [0.4, 0.5) is 5.82 Å². The zero-order chi connectivity index (χ0) is 15.0. The minimum atomic E-state index is 0.398. The van der Waals surface area contributed by atoms with Gasteiger partial charge in [-0.2, -0.15) is 5.26 Å². The highest BCUT2D eigenvalue weighted by atomic mass is 15.0. The first-order chi connectivity index (χ1) is 10.8. The first-order valence-corrected chi connectivity index (χ1v) is 8.01. The third-order valence-electron chi connectivity index (χ3n) is 5.25. The second-order valence-corrected chi connectivity index (χ2v) is 6.47. The zero-order valence-corrected chi connectivity index (χ0v) is 12.5. The number of benzene rings is 1. The largest absolute Gasteiger partial charge is 0.370 e. The van der Waals surface area contributed by atoms with E-state index in [1.807, 2.05) is 12.1 Å². The van der Waals surface area contributed by atoms with E-state index in [0.717, 1.165) is 12.4 Å². The number of nitrogens with zero attached hydrogens (tertiary/aromatic N) is 2. The number of hydrogen-bond donors (Lipinski definition) is 1. The number of rotatable bonds is 3. The van der Waals surface area contributed by atoms with Crippen molar-refractivity contribution in [1.82, 2.24) is 4.98 Å². The summed E-state index contributed by atoms with van der Waals surface area (Å²) in [5.74, 6) is 1.49. The standard InChI is InChI=1S/C19H19N3/c20-12-16-7-3-9-18(22-16)21-13-15-11-19(15)10-4-6-14-5-1-2-8-17(14)19/h1-3,5,7-9,15H,4,6,10-11,13H2,(H,21,22). The van der Waals surface area contributed by atoms with Crippen LogP contribution in [0.5, 0.6) is 0 Å². The first kappa shape index (κ1) is 13.3. The topological polar surface area (TPSA) is 48.7 Å². The lowest BCUT2D eigenvalue weighted by molar-refractivity contribution is 0.503. The summed E-state index contributed by atoms with van der Waals surface area (Å²) in [5, 5.41) is 12.3. The number of anilines is 1. The van der Waals surface area contributed by atoms with Gasteiger partial charge in [0, 0.05) is 12.0 Å². The minimum absolute atomic E-state index is 0.398. The molecule has 3 nitrogen and oxygen atoms in total. The number of pyridine rings is 1. The number of hydrogen-bond acceptors (Lipinski definition) is 3. The molecule has 22 heavy (non-hydrogen) atoms. The number of nitriles is 1. The molecule has 0 aliphatic heterocycles. The number of fused-ring (bicyclic) bond motifs is 2. The Hall–Kier alpha value is -2.34. The van der Waals surface area contributed by atoms with Crippen LogP contribution in [0.15, 0.2) is 42.5 Å². The normalized spacial score (nSPS) is 25.3. The van der Waals surface area contributed by atoms with Crippen molar-refractivity contribution in [3.8, 4) is 6.07 Å². The maximum atomic E-state index is 8.92. The third kappa shape index (κ3) is 2.16. The number of aryl methyl sites for hydroxylation is 1. The molecule has 1 N–H and O–H groups in total. The molecule has 0 radical (unpaired) electrons. The van der Waals surface area contributed by atoms with Crippen molar-refractivity contribution in [2.24, 2.45) is 5.92 Å². The lowest BCUT2D eigenvalue weighted by Gasteiger charge is -2.26. The summed E-state index contributed by atoms with van der Waals surface area (Å²) in [6, 6.07) is 16.6. The van der Waals surface area contributed by atoms with Gasteiger partial charge in [0.1, 0.15) is 17.6 Å². The molecule has 0 saturated heterocycles. The van der Waals surface area contributed by atoms with Gasteiger partial charge in [-0.25, -0.2) is 4.98 Å². The Kier molecular flexibility index (Phi) is 3.11. The van der Waals surface area contributed by atoms with Crippen molar-refractivity contribution >= 4 is 5.82 Å². The van der Waals surface area contributed by atoms with Gasteiger partial charge in [0.2, 0.25) is 0 Å². The van der Waals surface area contributed by atoms with E-state index in [9.17, 15) is 0 Å². The summed E-state index contributed by atoms with van der Waals surface area (Å²) in [5.41, 5.74) is 3.99. The van der Waals surface area contributed by atoms with E-state index in [4.69, 9.17) is 5.26 Å². The summed E-state index contributed by atoms with van der Waals surface area (Å²) < 4.78 is 0. The van der Waals surface area contributed by atoms with Crippen LogP contribution in [0.3, 0.4) is 0 Å². The zero-order valence-electron chi connectivity index (χ0n) is 12.5. The molecule has 1 heterocycles. The molecular formula is C19H19N3. The van der Waals surface area contributed by atoms with E-state index in [1.54, 1.807) is 17.2 Å². The molecule has 4 rings (SSSR count). The first-order valence-electron chi connectivity index (χ1n) is 8.01. The van der Waals surface area contributed by atoms with Crippen molar-refractivity contribution < 1.29 is 0 Å². The number of aromatic nitrogens is 1. The fourth-order valence-electron chi connectivity index (χ4n) is 4.06. The van der Waals surface area contributed by atoms with Gasteiger partial charge < -0.3 is 5.32 Å². The van der Waals surface area contributed by atoms with E-state index in [-0.39, 0.29) is 0 Å². The average molecular weight is 289 g/mol. The highest BCUT2D eigenvalue weighted by Crippen LogP contribution is 2.60. The summed E-state index contributed by atoms with van der Waals surface area (Å²) in [7, 11) is 0. The van der Waals surface area contributed by atoms with Crippen molar-refractivity contribution in [2.45, 2.75) is 31.1 Å². The van der Waals surface area contributed by atoms with Crippen molar-refractivity contribution in [3.05, 3.63) is 59.3 Å². The molecule has 0 amide bonds. The molecule has 2 atom stereocenters. The second kappa shape index (κ2) is 5.14. The van der Waals surface area contributed by atoms with Gasteiger partial charge in [0.25, 0.3) is 0 Å². The van der Waals surface area contributed by atoms with E-state index < -0.39 is 0 Å². The Balaban J connectivity index is 1.48. The smallest absolute Gasteiger partial charge is 0.142 e. The lowest BCUT2D eigenvalue weighted by atomic mass is 9.78. The third-order valence-corrected chi connectivity index (χ3v) is 5.25. The molecule has 1 saturated carbocycles. The van der Waals surface area contributed by atoms with Gasteiger partial charge in [0.15, 0.2) is 0 Å². The second-order valence-electron chi connectivity index (χ2n) is 6.47. The maximum absolute atomic E-state index is 8.92. The predicted molar refractivity (Wildman–Crippen MR) is 86.6 cm³/mol. The molecular weight excluding hydrogens is 270 g/mol. The molecule has 3 heteroatoms. The Labute approximate surface area is 131 Å². The van der Waals surface area contributed by atoms with Gasteiger partial charge in [-0.3, -0.25) is 0 Å². The Morgan fingerprint density at radius 3 is 3.05 bits per heavy atom. The fourth-order valence-corrected chi connectivity index (χ4v) is 4.06. The monoisotopic (exact) mass is 289 g/mol. The van der Waals surface area contributed by atoms with Crippen molar-refractivity contribution in [1.29, 1.82) is 5.26 Å². The minimum Gasteiger partial charge on any atom is -0.370 e. The Morgan fingerprint density at radius 1 is 1.23 bits per heavy atom. The quantitative estimate of drug-likeness (QED) is 0.938. The van der Waals surface area contributed by atoms with Crippen molar-refractivity contribution in [2.75, 3.05) is 11.9 Å². The summed E-state index contributed by atoms with van der Waals surface area (Å²) in [4.78, 5) is 4.30. The summed E-state index contributed by atoms with van der Waals surface area (Å²) >= 11 is 0. The lowest BCUT2D eigenvalue weighted by Crippen LogP contribution is -2.21. The van der Waals surface area contributed by atoms with Gasteiger partial charge in [-0.1, -0.05) is 30.3 Å². The summed E-state index contributed by atoms with van der Waals surface area (Å²) in [6.07, 6.45) is 5.11. The Bertz CT molecular complexity index is 746. The maximum Gasteiger partial charge on any atom is 0.142 e. The van der Waals surface area contributed by atoms with Crippen LogP contribution in [0, 0.1) is 17.2 Å². The molecule has 2 aliphatic carbocycles. The van der Waals surface area contributed by atoms with Gasteiger partial charge in [-0.05, 0) is 54.9 Å². The van der Waals surface area contributed by atoms with Crippen molar-refractivity contribution in [3.63, 3.8) is 0 Å². The predicted octanol–water partition coefficient (Wildman–Crippen LogP) is 3.66. The van der Waals surface area contributed by atoms with Crippen LogP contribution in [-0.4, -0.2) is 11.5 Å². The van der Waals surface area contributed by atoms with Crippen LogP contribution in [-0.2, 0) is 11.8 Å². The molecule has 2 aliphatic rings. The molecule has 0 bridgehead atoms. The van der Waals surface area contributed by atoms with Crippen LogP contribution in [0.25, 0.3) is 0 Å². The van der Waals surface area contributed by atoms with E-state index in [2.05, 4.69) is 40.6 Å². The highest BCUT2D eigenvalue weighted by Gasteiger charge is 2.55. The molecule has 1 aromatic carbocycles. The average Bonchev–Trinajstić information content (AvgIpc) is 3.27. The molecule has 2 unspecified atom stereocenters.